The van der Waals surface area contributed by atoms with Gasteiger partial charge in [0, 0.05) is 0 Å². The van der Waals surface area contributed by atoms with E-state index >= 15 is 0 Å². The van der Waals surface area contributed by atoms with Gasteiger partial charge in [-0.2, -0.15) is 5.26 Å². The van der Waals surface area contributed by atoms with Crippen LogP contribution in [0.5, 0.6) is 0 Å². The number of carbonyl (C=O) groups is 1. The van der Waals surface area contributed by atoms with Gasteiger partial charge in [0.15, 0.2) is 0 Å². The Morgan fingerprint density at radius 2 is 1.33 bits per heavy atom. The molecule has 0 bridgehead atoms. The summed E-state index contributed by atoms with van der Waals surface area (Å²) < 4.78 is 0. The van der Waals surface area contributed by atoms with Gasteiger partial charge in [0.25, 0.3) is 0 Å². The predicted molar refractivity (Wildman–Crippen MR) is 31.1 cm³/mol. The summed E-state index contributed by atoms with van der Waals surface area (Å²) in [5.41, 5.74) is 0. The third-order valence-corrected chi connectivity index (χ3v) is 0.0781. The van der Waals surface area contributed by atoms with E-state index < -0.39 is 6.16 Å². The number of hydrogen-bond donors (Lipinski definition) is 2. The normalized spacial score (nSPS) is 3.67. The van der Waals surface area contributed by atoms with Crippen molar-refractivity contribution in [3.8, 4) is 0 Å². The largest absolute Gasteiger partial charge is 0.537 e. The van der Waals surface area contributed by atoms with Crippen molar-refractivity contribution in [3.63, 3.8) is 0 Å². The maximum absolute atomic E-state index is 8.90. The van der Waals surface area contributed by atoms with Crippen LogP contribution in [0, 0.1) is 0 Å². The zero-order valence-electron chi connectivity index (χ0n) is 3.71. The Bertz CT molecular complexity index is 44.2. The highest BCUT2D eigenvalue weighted by atomic mass is 24.3. The lowest BCUT2D eigenvalue weighted by Gasteiger charge is -1.75. The van der Waals surface area contributed by atoms with Crippen molar-refractivity contribution < 1.29 is 36.5 Å². The Balaban J connectivity index is -0.0000000133. The lowest BCUT2D eigenvalue weighted by atomic mass is 11.5. The van der Waals surface area contributed by atoms with Crippen LogP contribution in [0.4, 0.5) is 4.79 Å². The Morgan fingerprint density at radius 3 is 1.33 bits per heavy atom. The Kier molecular flexibility index (Phi) is 101. The molecular formula is CH10MgO7. The van der Waals surface area contributed by atoms with Crippen LogP contribution in [0.15, 0.2) is 0 Å². The highest BCUT2D eigenvalue weighted by molar-refractivity contribution is 5.75. The molecule has 0 heterocycles. The van der Waals surface area contributed by atoms with Crippen LogP contribution in [0.25, 0.3) is 0 Å². The van der Waals surface area contributed by atoms with E-state index in [0.717, 1.165) is 0 Å². The number of rotatable bonds is 0. The zero-order valence-corrected chi connectivity index (χ0v) is 3.71. The van der Waals surface area contributed by atoms with E-state index in [9.17, 15) is 0 Å². The first-order chi connectivity index (χ1) is 2.27. The van der Waals surface area contributed by atoms with Crippen LogP contribution in [0.2, 0.25) is 0 Å². The number of hydrogen-bond acceptors (Lipinski definition) is 3. The fourth-order valence-corrected chi connectivity index (χ4v) is 0. The van der Waals surface area contributed by atoms with E-state index in [1.165, 1.54) is 0 Å². The van der Waals surface area contributed by atoms with Crippen LogP contribution < -0.4 is 0 Å². The molecule has 0 aromatic rings. The molecule has 0 radical (unpaired) electrons. The summed E-state index contributed by atoms with van der Waals surface area (Å²) in [7, 11) is 0. The average Bonchev–Trinajstić information content (AvgIpc) is 1.38. The quantitative estimate of drug-likeness (QED) is 0.215. The minimum Gasteiger partial charge on any atom is -0.448 e. The van der Waals surface area contributed by atoms with Gasteiger partial charge in [-0.05, 0) is 0 Å². The van der Waals surface area contributed by atoms with Gasteiger partial charge < -0.3 is 21.5 Å². The van der Waals surface area contributed by atoms with Crippen molar-refractivity contribution in [2.45, 2.75) is 0 Å². The van der Waals surface area contributed by atoms with Crippen molar-refractivity contribution in [1.29, 1.82) is 0 Å². The summed E-state index contributed by atoms with van der Waals surface area (Å²) in [6.07, 6.45) is -1.69. The summed E-state index contributed by atoms with van der Waals surface area (Å²) in [6, 6.07) is 0. The first-order valence-corrected chi connectivity index (χ1v) is 0.814. The van der Waals surface area contributed by atoms with Crippen LogP contribution >= 0.6 is 0 Å². The molecule has 0 rings (SSSR count). The van der Waals surface area contributed by atoms with E-state index in [0.29, 0.717) is 0 Å². The van der Waals surface area contributed by atoms with Crippen molar-refractivity contribution in [3.05, 3.63) is 0 Å². The van der Waals surface area contributed by atoms with Crippen molar-refractivity contribution in [2.24, 2.45) is 0 Å². The second-order valence-electron chi connectivity index (χ2n) is 0.357. The second-order valence-corrected chi connectivity index (χ2v) is 0.357. The molecule has 0 saturated carbocycles. The van der Waals surface area contributed by atoms with E-state index in [4.69, 9.17) is 15.2 Å². The molecule has 0 unspecified atom stereocenters. The predicted octanol–water partition coefficient (Wildman–Crippen LogP) is -3.24. The van der Waals surface area contributed by atoms with Gasteiger partial charge >= 0.3 is 29.2 Å². The van der Waals surface area contributed by atoms with Gasteiger partial charge in [0.1, 0.15) is 0 Å². The molecule has 0 atom stereocenters. The molecule has 0 saturated heterocycles. The van der Waals surface area contributed by atoms with Crippen molar-refractivity contribution >= 4 is 29.2 Å². The second kappa shape index (κ2) is 24.8. The lowest BCUT2D eigenvalue weighted by molar-refractivity contribution is -0.194. The molecule has 8 N–H and O–H groups in total. The van der Waals surface area contributed by atoms with E-state index in [1.807, 2.05) is 0 Å². The molecule has 0 spiro atoms. The first kappa shape index (κ1) is 36.6. The summed E-state index contributed by atoms with van der Waals surface area (Å²) in [4.78, 5) is 11.6. The van der Waals surface area contributed by atoms with Crippen molar-refractivity contribution in [1.82, 2.24) is 0 Å². The van der Waals surface area contributed by atoms with Crippen LogP contribution in [-0.2, 0) is 4.89 Å². The van der Waals surface area contributed by atoms with Gasteiger partial charge in [-0.15, -0.1) is 0 Å². The molecule has 0 aromatic carbocycles. The first-order valence-electron chi connectivity index (χ1n) is 0.814. The lowest BCUT2D eigenvalue weighted by Crippen LogP contribution is -1.91. The molecule has 8 heteroatoms. The minimum atomic E-state index is -1.69. The van der Waals surface area contributed by atoms with Gasteiger partial charge in [-0.25, -0.2) is 4.79 Å². The fraction of sp³-hybridized carbons (Fsp3) is 0. The van der Waals surface area contributed by atoms with Gasteiger partial charge in [-0.1, -0.05) is 0 Å². The maximum atomic E-state index is 8.90. The molecule has 58 valence electrons. The average molecular weight is 158 g/mol. The molecule has 0 aliphatic heterocycles. The summed E-state index contributed by atoms with van der Waals surface area (Å²) in [6.45, 7) is 0. The molecule has 0 fully saturated rings. The SMILES string of the molecule is O.O.O.O=C(O)OO.[MgH2]. The summed E-state index contributed by atoms with van der Waals surface area (Å²) >= 11 is 0. The molecule has 0 amide bonds. The third-order valence-electron chi connectivity index (χ3n) is 0.0781. The van der Waals surface area contributed by atoms with Gasteiger partial charge in [-0.3, -0.25) is 4.89 Å². The van der Waals surface area contributed by atoms with Crippen molar-refractivity contribution in [2.75, 3.05) is 0 Å². The smallest absolute Gasteiger partial charge is 0.448 e. The Morgan fingerprint density at radius 1 is 1.22 bits per heavy atom. The third kappa shape index (κ3) is 77.3. The number of carboxylic acid groups (broad SMARTS) is 1. The van der Waals surface area contributed by atoms with Crippen LogP contribution in [0.1, 0.15) is 0 Å². The Hall–Kier alpha value is -0.124. The Labute approximate surface area is 66.2 Å². The highest BCUT2D eigenvalue weighted by Gasteiger charge is 1.84. The monoisotopic (exact) mass is 158 g/mol. The van der Waals surface area contributed by atoms with E-state index in [1.54, 1.807) is 0 Å². The molecule has 9 heavy (non-hydrogen) atoms. The zero-order chi connectivity index (χ0) is 4.28. The van der Waals surface area contributed by atoms with Gasteiger partial charge in [0.2, 0.25) is 0 Å². The van der Waals surface area contributed by atoms with Crippen LogP contribution in [0.3, 0.4) is 0 Å². The molecular weight excluding hydrogens is 148 g/mol. The van der Waals surface area contributed by atoms with Gasteiger partial charge in [0.05, 0.1) is 0 Å². The maximum Gasteiger partial charge on any atom is 0.537 e. The summed E-state index contributed by atoms with van der Waals surface area (Å²) in [5.74, 6) is 0. The van der Waals surface area contributed by atoms with E-state index in [-0.39, 0.29) is 39.5 Å². The summed E-state index contributed by atoms with van der Waals surface area (Å²) in [5, 5.41) is 14.3. The fourth-order valence-electron chi connectivity index (χ4n) is 0. The molecule has 7 nitrogen and oxygen atoms in total. The molecule has 0 aromatic heterocycles. The highest BCUT2D eigenvalue weighted by Crippen LogP contribution is 1.59. The topological polar surface area (TPSA) is 161 Å². The standard InChI is InChI=1S/CH2O4.Mg.3H2O.2H/c2-1(3)5-4;;;;;;/h4H,(H,2,3);;3*1H2;;. The molecule has 0 aliphatic carbocycles. The minimum absolute atomic E-state index is 0. The molecule has 0 aliphatic rings. The van der Waals surface area contributed by atoms with E-state index in [2.05, 4.69) is 4.89 Å². The van der Waals surface area contributed by atoms with Crippen LogP contribution in [-0.4, -0.2) is 56.0 Å².